The number of para-hydroxylation sites is 1. The van der Waals surface area contributed by atoms with Gasteiger partial charge in [-0.05, 0) is 55.3 Å². The van der Waals surface area contributed by atoms with Crippen LogP contribution in [0.5, 0.6) is 0 Å². The van der Waals surface area contributed by atoms with Crippen molar-refractivity contribution in [2.45, 2.75) is 31.7 Å². The Morgan fingerprint density at radius 3 is 2.26 bits per heavy atom. The van der Waals surface area contributed by atoms with Crippen LogP contribution in [-0.4, -0.2) is 13.0 Å². The summed E-state index contributed by atoms with van der Waals surface area (Å²) >= 11 is 0. The molecule has 0 unspecified atom stereocenters. The van der Waals surface area contributed by atoms with Crippen LogP contribution in [0.1, 0.15) is 19.4 Å². The highest BCUT2D eigenvalue weighted by atomic mass is 32.2. The Balaban J connectivity index is 1.77. The second kappa shape index (κ2) is 6.74. The van der Waals surface area contributed by atoms with Crippen molar-refractivity contribution < 1.29 is 8.42 Å². The van der Waals surface area contributed by atoms with E-state index in [1.807, 2.05) is 49.4 Å². The van der Waals surface area contributed by atoms with Gasteiger partial charge < -0.3 is 4.57 Å². The second-order valence-electron chi connectivity index (χ2n) is 6.60. The van der Waals surface area contributed by atoms with Crippen molar-refractivity contribution in [3.05, 3.63) is 72.3 Å². The molecule has 0 radical (unpaired) electrons. The minimum atomic E-state index is -3.62. The first-order valence-corrected chi connectivity index (χ1v) is 10.6. The minimum Gasteiger partial charge on any atom is -0.341 e. The summed E-state index contributed by atoms with van der Waals surface area (Å²) in [4.78, 5) is 0.274. The molecule has 4 rings (SSSR count). The summed E-state index contributed by atoms with van der Waals surface area (Å²) in [5.74, 6) is 0. The number of fused-ring (bicyclic) bond motifs is 3. The van der Waals surface area contributed by atoms with Gasteiger partial charge in [0.15, 0.2) is 0 Å². The van der Waals surface area contributed by atoms with Crippen LogP contribution < -0.4 is 4.72 Å². The molecule has 1 N–H and O–H groups in total. The molecule has 0 fully saturated rings. The highest BCUT2D eigenvalue weighted by molar-refractivity contribution is 7.92. The van der Waals surface area contributed by atoms with Gasteiger partial charge in [-0.25, -0.2) is 8.42 Å². The van der Waals surface area contributed by atoms with E-state index in [9.17, 15) is 8.42 Å². The number of hydrogen-bond acceptors (Lipinski definition) is 2. The smallest absolute Gasteiger partial charge is 0.261 e. The van der Waals surface area contributed by atoms with Gasteiger partial charge in [0.05, 0.1) is 4.90 Å². The summed E-state index contributed by atoms with van der Waals surface area (Å²) < 4.78 is 30.5. The number of anilines is 1. The number of rotatable bonds is 5. The molecule has 1 heterocycles. The average Bonchev–Trinajstić information content (AvgIpc) is 3.01. The third kappa shape index (κ3) is 3.08. The molecule has 0 aliphatic heterocycles. The summed E-state index contributed by atoms with van der Waals surface area (Å²) in [6, 6.07) is 20.9. The second-order valence-corrected chi connectivity index (χ2v) is 8.28. The Bertz CT molecular complexity index is 1220. The molecular weight excluding hydrogens is 356 g/mol. The van der Waals surface area contributed by atoms with Crippen LogP contribution in [0.3, 0.4) is 0 Å². The molecule has 0 aliphatic carbocycles. The van der Waals surface area contributed by atoms with E-state index in [0.717, 1.165) is 40.3 Å². The van der Waals surface area contributed by atoms with Crippen LogP contribution >= 0.6 is 0 Å². The lowest BCUT2D eigenvalue weighted by Crippen LogP contribution is -2.12. The molecule has 0 saturated carbocycles. The number of sulfonamides is 1. The Labute approximate surface area is 159 Å². The highest BCUT2D eigenvalue weighted by Gasteiger charge is 2.16. The van der Waals surface area contributed by atoms with Gasteiger partial charge in [0.25, 0.3) is 10.0 Å². The summed E-state index contributed by atoms with van der Waals surface area (Å²) in [7, 11) is -3.62. The van der Waals surface area contributed by atoms with E-state index >= 15 is 0 Å². The molecule has 1 aromatic heterocycles. The van der Waals surface area contributed by atoms with Crippen LogP contribution in [0, 0.1) is 0 Å². The zero-order valence-electron chi connectivity index (χ0n) is 15.4. The van der Waals surface area contributed by atoms with Crippen LogP contribution in [0.4, 0.5) is 5.69 Å². The monoisotopic (exact) mass is 378 g/mol. The third-order valence-corrected chi connectivity index (χ3v) is 6.38. The molecule has 5 heteroatoms. The molecule has 0 atom stereocenters. The Hall–Kier alpha value is -2.79. The normalized spacial score (nSPS) is 11.9. The molecule has 4 aromatic rings. The van der Waals surface area contributed by atoms with Gasteiger partial charge in [-0.3, -0.25) is 4.72 Å². The molecule has 0 aliphatic rings. The Morgan fingerprint density at radius 2 is 1.56 bits per heavy atom. The third-order valence-electron chi connectivity index (χ3n) is 4.98. The maximum atomic E-state index is 12.7. The fourth-order valence-corrected chi connectivity index (χ4v) is 4.63. The molecule has 138 valence electrons. The summed E-state index contributed by atoms with van der Waals surface area (Å²) in [6.07, 6.45) is 0.881. The van der Waals surface area contributed by atoms with Crippen LogP contribution in [0.15, 0.2) is 71.6 Å². The molecule has 0 saturated heterocycles. The average molecular weight is 378 g/mol. The van der Waals surface area contributed by atoms with Gasteiger partial charge in [0, 0.05) is 34.0 Å². The predicted octanol–water partition coefficient (Wildman–Crippen LogP) is 5.18. The van der Waals surface area contributed by atoms with Gasteiger partial charge in [-0.2, -0.15) is 0 Å². The fraction of sp³-hybridized carbons (Fsp3) is 0.182. The van der Waals surface area contributed by atoms with Crippen molar-refractivity contribution in [3.63, 3.8) is 0 Å². The molecule has 0 amide bonds. The minimum absolute atomic E-state index is 0.274. The van der Waals surface area contributed by atoms with E-state index in [0.29, 0.717) is 5.69 Å². The molecular formula is C22H22N2O2S. The molecule has 0 spiro atoms. The Kier molecular flexibility index (Phi) is 4.40. The topological polar surface area (TPSA) is 51.1 Å². The van der Waals surface area contributed by atoms with Crippen molar-refractivity contribution >= 4 is 37.5 Å². The van der Waals surface area contributed by atoms with Gasteiger partial charge in [0.2, 0.25) is 0 Å². The van der Waals surface area contributed by atoms with Crippen molar-refractivity contribution in [1.82, 2.24) is 4.57 Å². The van der Waals surface area contributed by atoms with Crippen LogP contribution in [-0.2, 0) is 23.0 Å². The van der Waals surface area contributed by atoms with E-state index in [1.165, 1.54) is 0 Å². The standard InChI is InChI=1S/C22H22N2O2S/c1-3-16-9-12-18(13-10-16)27(25,26)23-17-11-14-22-20(15-17)19-7-5-6-8-21(19)24(22)4-2/h5-15,23H,3-4H2,1-2H3. The van der Waals surface area contributed by atoms with Crippen molar-refractivity contribution in [2.75, 3.05) is 4.72 Å². The summed E-state index contributed by atoms with van der Waals surface area (Å²) in [5.41, 5.74) is 3.95. The van der Waals surface area contributed by atoms with E-state index in [-0.39, 0.29) is 4.90 Å². The van der Waals surface area contributed by atoms with Gasteiger partial charge >= 0.3 is 0 Å². The molecule has 0 bridgehead atoms. The SMILES string of the molecule is CCc1ccc(S(=O)(=O)Nc2ccc3c(c2)c2ccccc2n3CC)cc1. The highest BCUT2D eigenvalue weighted by Crippen LogP contribution is 2.31. The summed E-state index contributed by atoms with van der Waals surface area (Å²) in [5, 5.41) is 2.18. The van der Waals surface area contributed by atoms with Crippen LogP contribution in [0.25, 0.3) is 21.8 Å². The van der Waals surface area contributed by atoms with Crippen molar-refractivity contribution in [2.24, 2.45) is 0 Å². The quantitative estimate of drug-likeness (QED) is 0.520. The predicted molar refractivity (Wildman–Crippen MR) is 112 cm³/mol. The zero-order valence-corrected chi connectivity index (χ0v) is 16.3. The van der Waals surface area contributed by atoms with E-state index < -0.39 is 10.0 Å². The first-order chi connectivity index (χ1) is 13.0. The van der Waals surface area contributed by atoms with E-state index in [1.54, 1.807) is 12.1 Å². The van der Waals surface area contributed by atoms with E-state index in [2.05, 4.69) is 28.3 Å². The molecule has 3 aromatic carbocycles. The maximum Gasteiger partial charge on any atom is 0.261 e. The van der Waals surface area contributed by atoms with Gasteiger partial charge in [-0.1, -0.05) is 37.3 Å². The van der Waals surface area contributed by atoms with Gasteiger partial charge in [0.1, 0.15) is 0 Å². The Morgan fingerprint density at radius 1 is 0.852 bits per heavy atom. The molecule has 27 heavy (non-hydrogen) atoms. The zero-order chi connectivity index (χ0) is 19.0. The lowest BCUT2D eigenvalue weighted by molar-refractivity contribution is 0.601. The number of aryl methyl sites for hydroxylation is 2. The molecule has 4 nitrogen and oxygen atoms in total. The lowest BCUT2D eigenvalue weighted by atomic mass is 10.1. The largest absolute Gasteiger partial charge is 0.341 e. The fourth-order valence-electron chi connectivity index (χ4n) is 3.58. The lowest BCUT2D eigenvalue weighted by Gasteiger charge is -2.09. The number of hydrogen-bond donors (Lipinski definition) is 1. The van der Waals surface area contributed by atoms with Crippen molar-refractivity contribution in [3.8, 4) is 0 Å². The summed E-state index contributed by atoms with van der Waals surface area (Å²) in [6.45, 7) is 5.02. The number of nitrogens with zero attached hydrogens (tertiary/aromatic N) is 1. The van der Waals surface area contributed by atoms with Crippen LogP contribution in [0.2, 0.25) is 0 Å². The maximum absolute atomic E-state index is 12.7. The van der Waals surface area contributed by atoms with Gasteiger partial charge in [-0.15, -0.1) is 0 Å². The number of aromatic nitrogens is 1. The first-order valence-electron chi connectivity index (χ1n) is 9.16. The van der Waals surface area contributed by atoms with E-state index in [4.69, 9.17) is 0 Å². The number of benzene rings is 3. The van der Waals surface area contributed by atoms with Crippen molar-refractivity contribution in [1.29, 1.82) is 0 Å². The number of nitrogens with one attached hydrogen (secondary N) is 1. The first kappa shape index (κ1) is 17.6.